The molecule has 0 bridgehead atoms. The van der Waals surface area contributed by atoms with Crippen LogP contribution in [0.1, 0.15) is 27.2 Å². The van der Waals surface area contributed by atoms with E-state index < -0.39 is 66.7 Å². The van der Waals surface area contributed by atoms with Crippen LogP contribution < -0.4 is 0 Å². The van der Waals surface area contributed by atoms with Gasteiger partial charge in [0.2, 0.25) is 0 Å². The normalized spacial score (nSPS) is 30.1. The van der Waals surface area contributed by atoms with Crippen molar-refractivity contribution >= 4 is 23.9 Å². The molecule has 1 aliphatic carbocycles. The molecule has 1 fully saturated rings. The van der Waals surface area contributed by atoms with Gasteiger partial charge >= 0.3 is 23.9 Å². The molecule has 0 spiro atoms. The van der Waals surface area contributed by atoms with Gasteiger partial charge < -0.3 is 29.2 Å². The minimum Gasteiger partial charge on any atom is -0.466 e. The van der Waals surface area contributed by atoms with E-state index in [-0.39, 0.29) is 23.1 Å². The second-order valence-electron chi connectivity index (χ2n) is 8.45. The molecule has 34 heavy (non-hydrogen) atoms. The van der Waals surface area contributed by atoms with Gasteiger partial charge in [0.05, 0.1) is 37.2 Å². The highest BCUT2D eigenvalue weighted by atomic mass is 16.6. The molecule has 2 aliphatic rings. The fourth-order valence-corrected chi connectivity index (χ4v) is 3.60. The Morgan fingerprint density at radius 2 is 1.88 bits per heavy atom. The maximum atomic E-state index is 12.8. The second kappa shape index (κ2) is 11.3. The summed E-state index contributed by atoms with van der Waals surface area (Å²) in [5.74, 6) is -5.06. The Kier molecular flexibility index (Phi) is 8.94. The Hall–Kier alpha value is -3.24. The highest BCUT2D eigenvalue weighted by molar-refractivity contribution is 5.94. The summed E-state index contributed by atoms with van der Waals surface area (Å²) in [5, 5.41) is 20.3. The van der Waals surface area contributed by atoms with Crippen molar-refractivity contribution in [1.29, 1.82) is 0 Å². The fourth-order valence-electron chi connectivity index (χ4n) is 3.60. The number of aliphatic hydroxyl groups excluding tert-OH is 2. The summed E-state index contributed by atoms with van der Waals surface area (Å²) in [7, 11) is 1.09. The van der Waals surface area contributed by atoms with E-state index in [2.05, 4.69) is 13.2 Å². The summed E-state index contributed by atoms with van der Waals surface area (Å²) in [5.41, 5.74) is -0.109. The molecule has 0 radical (unpaired) electrons. The minimum absolute atomic E-state index is 0.00705. The average Bonchev–Trinajstić information content (AvgIpc) is 3.05. The largest absolute Gasteiger partial charge is 0.466 e. The fraction of sp³-hybridized carbons (Fsp3) is 0.500. The standard InChI is InChI=1S/C24H30O10/c1-11(2)21(27)33-19-16(24(30)31-6)9-15(26)7-14(10-25)8-17-18(13(5)23(29)32-17)20(19)34-22(28)12(3)4/h8-9,12,15,17-20,25-26H,1,5,7,10H2,2-4,6H3/b14-8+,16-9+/t15-,17-,18-,19-,20+/m1/s1. The van der Waals surface area contributed by atoms with Crippen molar-refractivity contribution in [2.45, 2.75) is 51.6 Å². The summed E-state index contributed by atoms with van der Waals surface area (Å²) in [6, 6.07) is 0. The minimum atomic E-state index is -1.60. The van der Waals surface area contributed by atoms with Gasteiger partial charge in [-0.1, -0.05) is 27.0 Å². The van der Waals surface area contributed by atoms with Gasteiger partial charge in [0.15, 0.2) is 12.2 Å². The van der Waals surface area contributed by atoms with E-state index >= 15 is 0 Å². The highest BCUT2D eigenvalue weighted by Crippen LogP contribution is 2.38. The number of ether oxygens (including phenoxy) is 4. The van der Waals surface area contributed by atoms with Crippen LogP contribution in [0.3, 0.4) is 0 Å². The summed E-state index contributed by atoms with van der Waals surface area (Å²) >= 11 is 0. The number of methoxy groups -OCH3 is 1. The van der Waals surface area contributed by atoms with Gasteiger partial charge in [-0.2, -0.15) is 0 Å². The van der Waals surface area contributed by atoms with Crippen LogP contribution >= 0.6 is 0 Å². The van der Waals surface area contributed by atoms with Crippen LogP contribution in [0.5, 0.6) is 0 Å². The van der Waals surface area contributed by atoms with E-state index in [0.29, 0.717) is 5.57 Å². The molecule has 0 amide bonds. The molecule has 1 aliphatic heterocycles. The van der Waals surface area contributed by atoms with Crippen LogP contribution in [0.2, 0.25) is 0 Å². The lowest BCUT2D eigenvalue weighted by atomic mass is 9.83. The molecule has 2 N–H and O–H groups in total. The van der Waals surface area contributed by atoms with Crippen molar-refractivity contribution in [3.8, 4) is 0 Å². The Bertz CT molecular complexity index is 941. The number of hydrogen-bond donors (Lipinski definition) is 2. The zero-order valence-electron chi connectivity index (χ0n) is 19.6. The van der Waals surface area contributed by atoms with E-state index in [9.17, 15) is 29.4 Å². The number of carbonyl (C=O) groups excluding carboxylic acids is 4. The Balaban J connectivity index is 2.80. The van der Waals surface area contributed by atoms with E-state index in [4.69, 9.17) is 18.9 Å². The number of aliphatic hydroxyl groups is 2. The summed E-state index contributed by atoms with van der Waals surface area (Å²) in [4.78, 5) is 50.4. The quantitative estimate of drug-likeness (QED) is 0.245. The zero-order valence-corrected chi connectivity index (χ0v) is 19.6. The van der Waals surface area contributed by atoms with E-state index in [1.807, 2.05) is 0 Å². The van der Waals surface area contributed by atoms with Crippen molar-refractivity contribution in [3.63, 3.8) is 0 Å². The van der Waals surface area contributed by atoms with Crippen molar-refractivity contribution in [3.05, 3.63) is 47.6 Å². The highest BCUT2D eigenvalue weighted by Gasteiger charge is 2.51. The number of fused-ring (bicyclic) bond motifs is 1. The molecule has 186 valence electrons. The predicted octanol–water partition coefficient (Wildman–Crippen LogP) is 0.923. The molecule has 0 aromatic rings. The van der Waals surface area contributed by atoms with Gasteiger partial charge in [-0.3, -0.25) is 4.79 Å². The first-order chi connectivity index (χ1) is 15.9. The predicted molar refractivity (Wildman–Crippen MR) is 118 cm³/mol. The van der Waals surface area contributed by atoms with Crippen LogP contribution in [0.25, 0.3) is 0 Å². The van der Waals surface area contributed by atoms with Crippen molar-refractivity contribution in [2.75, 3.05) is 13.7 Å². The lowest BCUT2D eigenvalue weighted by Gasteiger charge is -2.34. The summed E-state index contributed by atoms with van der Waals surface area (Å²) in [6.45, 7) is 11.3. The Morgan fingerprint density at radius 3 is 2.41 bits per heavy atom. The number of hydrogen-bond acceptors (Lipinski definition) is 10. The van der Waals surface area contributed by atoms with Gasteiger partial charge in [-0.05, 0) is 24.6 Å². The maximum Gasteiger partial charge on any atom is 0.337 e. The van der Waals surface area contributed by atoms with Crippen molar-refractivity contribution in [2.24, 2.45) is 11.8 Å². The first-order valence-electron chi connectivity index (χ1n) is 10.7. The first-order valence-corrected chi connectivity index (χ1v) is 10.7. The number of esters is 4. The van der Waals surface area contributed by atoms with Gasteiger partial charge in [0, 0.05) is 17.6 Å². The van der Waals surface area contributed by atoms with Crippen LogP contribution in [-0.2, 0) is 38.1 Å². The van der Waals surface area contributed by atoms with Crippen molar-refractivity contribution < 1.29 is 48.3 Å². The van der Waals surface area contributed by atoms with Crippen LogP contribution in [-0.4, -0.2) is 72.2 Å². The Labute approximate surface area is 197 Å². The molecule has 5 atom stereocenters. The monoisotopic (exact) mass is 478 g/mol. The lowest BCUT2D eigenvalue weighted by molar-refractivity contribution is -0.171. The van der Waals surface area contributed by atoms with Gasteiger partial charge in [0.25, 0.3) is 0 Å². The molecular formula is C24H30O10. The smallest absolute Gasteiger partial charge is 0.337 e. The van der Waals surface area contributed by atoms with Gasteiger partial charge in [-0.15, -0.1) is 0 Å². The molecule has 10 heteroatoms. The maximum absolute atomic E-state index is 12.8. The first kappa shape index (κ1) is 27.0. The molecule has 0 unspecified atom stereocenters. The third-order valence-electron chi connectivity index (χ3n) is 5.39. The molecule has 0 aromatic heterocycles. The molecule has 0 aromatic carbocycles. The average molecular weight is 478 g/mol. The Morgan fingerprint density at radius 1 is 1.24 bits per heavy atom. The van der Waals surface area contributed by atoms with Gasteiger partial charge in [-0.25, -0.2) is 14.4 Å². The second-order valence-corrected chi connectivity index (χ2v) is 8.45. The van der Waals surface area contributed by atoms with Crippen LogP contribution in [0, 0.1) is 11.8 Å². The third-order valence-corrected chi connectivity index (χ3v) is 5.39. The van der Waals surface area contributed by atoms with Gasteiger partial charge in [0.1, 0.15) is 6.10 Å². The zero-order chi connectivity index (χ0) is 25.7. The molecule has 2 rings (SSSR count). The molecular weight excluding hydrogens is 448 g/mol. The molecule has 1 heterocycles. The lowest BCUT2D eigenvalue weighted by Crippen LogP contribution is -2.47. The molecule has 1 saturated heterocycles. The van der Waals surface area contributed by atoms with Crippen LogP contribution in [0.15, 0.2) is 47.6 Å². The van der Waals surface area contributed by atoms with E-state index in [1.54, 1.807) is 13.8 Å². The third kappa shape index (κ3) is 6.00. The summed E-state index contributed by atoms with van der Waals surface area (Å²) in [6.07, 6.45) is -3.07. The molecule has 0 saturated carbocycles. The van der Waals surface area contributed by atoms with Crippen LogP contribution in [0.4, 0.5) is 0 Å². The van der Waals surface area contributed by atoms with E-state index in [0.717, 1.165) is 13.2 Å². The summed E-state index contributed by atoms with van der Waals surface area (Å²) < 4.78 is 21.4. The van der Waals surface area contributed by atoms with E-state index in [1.165, 1.54) is 13.0 Å². The molecule has 10 nitrogen and oxygen atoms in total. The number of carbonyl (C=O) groups is 4. The SMILES string of the molecule is C=C(C)C(=O)O[C@@H]1/C(C(=O)OC)=C\[C@H](O)C/C(CO)=C\[C@H]2OC(=O)C(=C)[C@H]2[C@@H]1OC(=O)C(C)C. The van der Waals surface area contributed by atoms with Crippen molar-refractivity contribution in [1.82, 2.24) is 0 Å². The number of rotatable bonds is 6. The topological polar surface area (TPSA) is 146 Å².